The predicted molar refractivity (Wildman–Crippen MR) is 36.4 cm³/mol. The van der Waals surface area contributed by atoms with Gasteiger partial charge in [0.25, 0.3) is 0 Å². The van der Waals surface area contributed by atoms with Gasteiger partial charge in [-0.05, 0) is 19.3 Å². The zero-order valence-electron chi connectivity index (χ0n) is 5.99. The molecule has 1 aliphatic rings. The van der Waals surface area contributed by atoms with Gasteiger partial charge in [0.05, 0.1) is 12.7 Å². The molecule has 0 spiro atoms. The van der Waals surface area contributed by atoms with Crippen LogP contribution in [0, 0.1) is 0 Å². The highest BCUT2D eigenvalue weighted by Gasteiger charge is 2.20. The third kappa shape index (κ3) is 3.82. The number of epoxide rings is 1. The van der Waals surface area contributed by atoms with E-state index in [1.54, 1.807) is 0 Å². The van der Waals surface area contributed by atoms with E-state index in [0.717, 1.165) is 25.9 Å². The van der Waals surface area contributed by atoms with Gasteiger partial charge in [-0.25, -0.2) is 0 Å². The third-order valence-corrected chi connectivity index (χ3v) is 1.64. The maximum absolute atomic E-state index is 8.46. The zero-order chi connectivity index (χ0) is 7.40. The Morgan fingerprint density at radius 1 is 1.40 bits per heavy atom. The van der Waals surface area contributed by atoms with Crippen LogP contribution in [0.5, 0.6) is 0 Å². The molecule has 10 heavy (non-hydrogen) atoms. The van der Waals surface area contributed by atoms with Gasteiger partial charge in [-0.3, -0.25) is 0 Å². The lowest BCUT2D eigenvalue weighted by atomic mass is 10.1. The van der Waals surface area contributed by atoms with Crippen molar-refractivity contribution in [2.75, 3.05) is 6.61 Å². The molecule has 1 saturated heterocycles. The quantitative estimate of drug-likeness (QED) is 0.332. The Labute approximate surface area is 60.6 Å². The summed E-state index contributed by atoms with van der Waals surface area (Å²) >= 11 is 0. The van der Waals surface area contributed by atoms with Crippen molar-refractivity contribution >= 4 is 0 Å². The van der Waals surface area contributed by atoms with Crippen molar-refractivity contribution in [2.24, 2.45) is 0 Å². The molecule has 3 nitrogen and oxygen atoms in total. The average Bonchev–Trinajstić information content (AvgIpc) is 2.62. The molecule has 60 valence electrons. The molecular weight excluding hydrogens is 132 g/mol. The normalized spacial score (nSPS) is 23.7. The number of ether oxygens (including phenoxy) is 1. The number of rotatable bonds is 5. The van der Waals surface area contributed by atoms with Crippen LogP contribution in [-0.2, 0) is 4.74 Å². The molecule has 3 heteroatoms. The second-order valence-electron chi connectivity index (χ2n) is 2.72. The van der Waals surface area contributed by atoms with Crippen molar-refractivity contribution in [3.8, 4) is 0 Å². The Balaban J connectivity index is 1.76. The molecule has 0 aromatic carbocycles. The van der Waals surface area contributed by atoms with Gasteiger partial charge in [-0.15, -0.1) is 0 Å². The number of hydrogen-bond acceptors (Lipinski definition) is 3. The van der Waals surface area contributed by atoms with Crippen LogP contribution >= 0.6 is 0 Å². The predicted octanol–water partition coefficient (Wildman–Crippen LogP) is 0.256. The minimum Gasteiger partial charge on any atom is -0.373 e. The van der Waals surface area contributed by atoms with Crippen LogP contribution < -0.4 is 0 Å². The molecule has 1 atom stereocenters. The molecule has 0 aromatic rings. The minimum atomic E-state index is -1.12. The summed E-state index contributed by atoms with van der Waals surface area (Å²) < 4.78 is 4.99. The molecule has 0 aromatic heterocycles. The van der Waals surface area contributed by atoms with Crippen molar-refractivity contribution in [3.05, 3.63) is 0 Å². The molecule has 2 N–H and O–H groups in total. The van der Waals surface area contributed by atoms with Crippen LogP contribution in [0.1, 0.15) is 25.7 Å². The van der Waals surface area contributed by atoms with E-state index in [4.69, 9.17) is 14.9 Å². The molecule has 0 amide bonds. The van der Waals surface area contributed by atoms with Crippen LogP contribution in [0.15, 0.2) is 0 Å². The topological polar surface area (TPSA) is 53.0 Å². The van der Waals surface area contributed by atoms with E-state index in [1.807, 2.05) is 0 Å². The fourth-order valence-electron chi connectivity index (χ4n) is 0.934. The van der Waals surface area contributed by atoms with Gasteiger partial charge < -0.3 is 14.9 Å². The Morgan fingerprint density at radius 3 is 2.60 bits per heavy atom. The van der Waals surface area contributed by atoms with Gasteiger partial charge in [0, 0.05) is 0 Å². The fraction of sp³-hybridized carbons (Fsp3) is 1.00. The summed E-state index contributed by atoms with van der Waals surface area (Å²) in [5, 5.41) is 16.9. The molecule has 0 radical (unpaired) electrons. The molecule has 1 aliphatic heterocycles. The van der Waals surface area contributed by atoms with Crippen LogP contribution in [0.2, 0.25) is 0 Å². The Bertz CT molecular complexity index is 84.9. The molecule has 0 saturated carbocycles. The average molecular weight is 146 g/mol. The number of aliphatic hydroxyl groups excluding tert-OH is 1. The summed E-state index contributed by atoms with van der Waals surface area (Å²) in [7, 11) is 0. The van der Waals surface area contributed by atoms with E-state index in [9.17, 15) is 0 Å². The van der Waals surface area contributed by atoms with Crippen LogP contribution in [0.4, 0.5) is 0 Å². The number of hydrogen-bond donors (Lipinski definition) is 2. The van der Waals surface area contributed by atoms with E-state index < -0.39 is 6.29 Å². The first-order chi connectivity index (χ1) is 4.79. The second kappa shape index (κ2) is 3.91. The van der Waals surface area contributed by atoms with Gasteiger partial charge in [0.1, 0.15) is 0 Å². The molecule has 0 bridgehead atoms. The molecule has 1 heterocycles. The van der Waals surface area contributed by atoms with Crippen molar-refractivity contribution in [3.63, 3.8) is 0 Å². The number of aliphatic hydroxyl groups is 2. The van der Waals surface area contributed by atoms with E-state index in [-0.39, 0.29) is 0 Å². The first-order valence-corrected chi connectivity index (χ1v) is 3.77. The third-order valence-electron chi connectivity index (χ3n) is 1.64. The Hall–Kier alpha value is -0.120. The first-order valence-electron chi connectivity index (χ1n) is 3.77. The maximum Gasteiger partial charge on any atom is 0.151 e. The largest absolute Gasteiger partial charge is 0.373 e. The standard InChI is InChI=1S/C7H14O3/c8-7(9)4-2-1-3-6-5-10-6/h6-9H,1-5H2. The van der Waals surface area contributed by atoms with E-state index in [2.05, 4.69) is 0 Å². The van der Waals surface area contributed by atoms with Crippen LogP contribution in [0.25, 0.3) is 0 Å². The summed E-state index contributed by atoms with van der Waals surface area (Å²) in [6.07, 6.45) is 2.86. The summed E-state index contributed by atoms with van der Waals surface area (Å²) in [4.78, 5) is 0. The molecule has 1 fully saturated rings. The molecule has 0 aliphatic carbocycles. The molecule has 1 rings (SSSR count). The van der Waals surface area contributed by atoms with Crippen LogP contribution in [-0.4, -0.2) is 29.2 Å². The fourth-order valence-corrected chi connectivity index (χ4v) is 0.934. The van der Waals surface area contributed by atoms with Gasteiger partial charge in [-0.1, -0.05) is 6.42 Å². The van der Waals surface area contributed by atoms with Gasteiger partial charge in [0.15, 0.2) is 6.29 Å². The summed E-state index contributed by atoms with van der Waals surface area (Å²) in [6.45, 7) is 0.904. The lowest BCUT2D eigenvalue weighted by molar-refractivity contribution is -0.0466. The smallest absolute Gasteiger partial charge is 0.151 e. The number of unbranched alkanes of at least 4 members (excludes halogenated alkanes) is 1. The van der Waals surface area contributed by atoms with Gasteiger partial charge in [-0.2, -0.15) is 0 Å². The highest BCUT2D eigenvalue weighted by Crippen LogP contribution is 2.17. The van der Waals surface area contributed by atoms with E-state index >= 15 is 0 Å². The van der Waals surface area contributed by atoms with E-state index in [0.29, 0.717) is 12.5 Å². The van der Waals surface area contributed by atoms with E-state index in [1.165, 1.54) is 0 Å². The second-order valence-corrected chi connectivity index (χ2v) is 2.72. The summed E-state index contributed by atoms with van der Waals surface area (Å²) in [6, 6.07) is 0. The van der Waals surface area contributed by atoms with Crippen molar-refractivity contribution in [2.45, 2.75) is 38.1 Å². The van der Waals surface area contributed by atoms with Gasteiger partial charge >= 0.3 is 0 Å². The monoisotopic (exact) mass is 146 g/mol. The lowest BCUT2D eigenvalue weighted by Crippen LogP contribution is -2.03. The van der Waals surface area contributed by atoms with Crippen LogP contribution in [0.3, 0.4) is 0 Å². The minimum absolute atomic E-state index is 0.482. The first kappa shape index (κ1) is 7.98. The highest BCUT2D eigenvalue weighted by atomic mass is 16.6. The maximum atomic E-state index is 8.46. The Kier molecular flexibility index (Phi) is 3.12. The van der Waals surface area contributed by atoms with Crippen molar-refractivity contribution in [1.82, 2.24) is 0 Å². The molecule has 1 unspecified atom stereocenters. The lowest BCUT2D eigenvalue weighted by Gasteiger charge is -2.00. The Morgan fingerprint density at radius 2 is 2.10 bits per heavy atom. The van der Waals surface area contributed by atoms with Crippen molar-refractivity contribution in [1.29, 1.82) is 0 Å². The highest BCUT2D eigenvalue weighted by molar-refractivity contribution is 4.68. The molecular formula is C7H14O3. The van der Waals surface area contributed by atoms with Gasteiger partial charge in [0.2, 0.25) is 0 Å². The summed E-state index contributed by atoms with van der Waals surface area (Å²) in [5.74, 6) is 0. The summed E-state index contributed by atoms with van der Waals surface area (Å²) in [5.41, 5.74) is 0. The SMILES string of the molecule is OC(O)CCCCC1CO1. The van der Waals surface area contributed by atoms with Crippen molar-refractivity contribution < 1.29 is 14.9 Å². The zero-order valence-corrected chi connectivity index (χ0v) is 5.99.